The minimum absolute atomic E-state index is 0.345. The average molecular weight is 240 g/mol. The zero-order valence-corrected chi connectivity index (χ0v) is 12.1. The van der Waals surface area contributed by atoms with Crippen LogP contribution in [0.25, 0.3) is 0 Å². The molecule has 0 unspecified atom stereocenters. The zero-order chi connectivity index (χ0) is 12.7. The van der Waals surface area contributed by atoms with Crippen LogP contribution in [-0.2, 0) is 0 Å². The van der Waals surface area contributed by atoms with Crippen LogP contribution in [0.2, 0.25) is 0 Å². The Morgan fingerprint density at radius 3 is 2.41 bits per heavy atom. The summed E-state index contributed by atoms with van der Waals surface area (Å²) in [7, 11) is 0. The number of nitrogens with one attached hydrogen (secondary N) is 1. The minimum Gasteiger partial charge on any atom is -0.327 e. The molecule has 0 heterocycles. The molecule has 0 aromatic rings. The van der Waals surface area contributed by atoms with E-state index in [-0.39, 0.29) is 0 Å². The van der Waals surface area contributed by atoms with Gasteiger partial charge in [0.15, 0.2) is 0 Å². The summed E-state index contributed by atoms with van der Waals surface area (Å²) in [4.78, 5) is 0. The molecule has 1 fully saturated rings. The van der Waals surface area contributed by atoms with E-state index in [4.69, 9.17) is 5.73 Å². The van der Waals surface area contributed by atoms with Crippen LogP contribution in [0.1, 0.15) is 65.7 Å². The highest BCUT2D eigenvalue weighted by molar-refractivity contribution is 4.87. The van der Waals surface area contributed by atoms with E-state index >= 15 is 0 Å². The van der Waals surface area contributed by atoms with Crippen LogP contribution >= 0.6 is 0 Å². The fourth-order valence-electron chi connectivity index (χ4n) is 3.44. The summed E-state index contributed by atoms with van der Waals surface area (Å²) in [5, 5.41) is 3.63. The molecule has 0 bridgehead atoms. The van der Waals surface area contributed by atoms with E-state index in [0.717, 1.165) is 18.9 Å². The molecule has 1 aliphatic carbocycles. The van der Waals surface area contributed by atoms with Gasteiger partial charge in [0.1, 0.15) is 0 Å². The van der Waals surface area contributed by atoms with Gasteiger partial charge in [0.05, 0.1) is 0 Å². The molecule has 0 aliphatic heterocycles. The maximum absolute atomic E-state index is 6.05. The fraction of sp³-hybridized carbons (Fsp3) is 1.00. The summed E-state index contributed by atoms with van der Waals surface area (Å²) in [5.41, 5.74) is 6.63. The van der Waals surface area contributed by atoms with Gasteiger partial charge in [0, 0.05) is 19.1 Å². The van der Waals surface area contributed by atoms with Crippen LogP contribution in [0, 0.1) is 11.3 Å². The molecule has 0 saturated heterocycles. The molecule has 0 aromatic heterocycles. The molecule has 0 amide bonds. The largest absolute Gasteiger partial charge is 0.327 e. The summed E-state index contributed by atoms with van der Waals surface area (Å²) in [6, 6.07) is 0.345. The van der Waals surface area contributed by atoms with Crippen molar-refractivity contribution in [2.75, 3.05) is 13.1 Å². The molecule has 17 heavy (non-hydrogen) atoms. The van der Waals surface area contributed by atoms with Gasteiger partial charge in [-0.05, 0) is 37.0 Å². The van der Waals surface area contributed by atoms with E-state index in [1.807, 2.05) is 0 Å². The van der Waals surface area contributed by atoms with Gasteiger partial charge in [-0.3, -0.25) is 0 Å². The van der Waals surface area contributed by atoms with Crippen LogP contribution < -0.4 is 11.1 Å². The molecule has 1 saturated carbocycles. The van der Waals surface area contributed by atoms with E-state index in [0.29, 0.717) is 11.5 Å². The summed E-state index contributed by atoms with van der Waals surface area (Å²) in [6.07, 6.45) is 9.40. The molecular weight excluding hydrogens is 208 g/mol. The molecule has 1 atom stereocenters. The molecule has 1 rings (SSSR count). The average Bonchev–Trinajstić information content (AvgIpc) is 2.66. The molecule has 2 heteroatoms. The zero-order valence-electron chi connectivity index (χ0n) is 12.1. The van der Waals surface area contributed by atoms with Gasteiger partial charge in [0.2, 0.25) is 0 Å². The second-order valence-electron chi connectivity index (χ2n) is 6.48. The lowest BCUT2D eigenvalue weighted by atomic mass is 9.78. The minimum atomic E-state index is 0.345. The molecule has 0 spiro atoms. The Kier molecular flexibility index (Phi) is 6.50. The highest BCUT2D eigenvalue weighted by atomic mass is 14.9. The number of nitrogens with two attached hydrogens (primary N) is 1. The van der Waals surface area contributed by atoms with Gasteiger partial charge in [-0.2, -0.15) is 0 Å². The van der Waals surface area contributed by atoms with Crippen LogP contribution in [0.3, 0.4) is 0 Å². The quantitative estimate of drug-likeness (QED) is 0.683. The Bertz CT molecular complexity index is 195. The van der Waals surface area contributed by atoms with Gasteiger partial charge < -0.3 is 11.1 Å². The monoisotopic (exact) mass is 240 g/mol. The third kappa shape index (κ3) is 5.39. The van der Waals surface area contributed by atoms with Gasteiger partial charge in [-0.25, -0.2) is 0 Å². The second kappa shape index (κ2) is 7.38. The first kappa shape index (κ1) is 15.0. The third-order valence-corrected chi connectivity index (χ3v) is 4.07. The van der Waals surface area contributed by atoms with E-state index in [1.54, 1.807) is 0 Å². The smallest absolute Gasteiger partial charge is 0.0165 e. The van der Waals surface area contributed by atoms with Crippen molar-refractivity contribution in [2.45, 2.75) is 71.8 Å². The Hall–Kier alpha value is -0.0800. The Balaban J connectivity index is 2.30. The number of rotatable bonds is 8. The predicted molar refractivity (Wildman–Crippen MR) is 76.1 cm³/mol. The van der Waals surface area contributed by atoms with Crippen molar-refractivity contribution in [3.63, 3.8) is 0 Å². The molecule has 0 aromatic carbocycles. The summed E-state index contributed by atoms with van der Waals surface area (Å²) in [6.45, 7) is 9.08. The van der Waals surface area contributed by atoms with Crippen LogP contribution in [0.4, 0.5) is 0 Å². The van der Waals surface area contributed by atoms with Crippen LogP contribution in [-0.4, -0.2) is 19.1 Å². The molecule has 1 aliphatic rings. The highest BCUT2D eigenvalue weighted by Crippen LogP contribution is 2.42. The van der Waals surface area contributed by atoms with Crippen molar-refractivity contribution < 1.29 is 0 Å². The fourth-order valence-corrected chi connectivity index (χ4v) is 3.44. The first-order valence-electron chi connectivity index (χ1n) is 7.54. The maximum Gasteiger partial charge on any atom is 0.0165 e. The summed E-state index contributed by atoms with van der Waals surface area (Å²) < 4.78 is 0. The van der Waals surface area contributed by atoms with Crippen molar-refractivity contribution in [2.24, 2.45) is 17.1 Å². The molecule has 102 valence electrons. The van der Waals surface area contributed by atoms with Crippen LogP contribution in [0.15, 0.2) is 0 Å². The molecule has 3 N–H and O–H groups in total. The van der Waals surface area contributed by atoms with Crippen molar-refractivity contribution in [1.29, 1.82) is 0 Å². The van der Waals surface area contributed by atoms with Gasteiger partial charge in [-0.1, -0.05) is 40.0 Å². The lowest BCUT2D eigenvalue weighted by molar-refractivity contribution is 0.222. The normalized spacial score (nSPS) is 21.0. The molecule has 2 nitrogen and oxygen atoms in total. The lowest BCUT2D eigenvalue weighted by Gasteiger charge is -2.31. The first-order chi connectivity index (χ1) is 8.08. The Morgan fingerprint density at radius 2 is 1.88 bits per heavy atom. The lowest BCUT2D eigenvalue weighted by Crippen LogP contribution is -2.40. The van der Waals surface area contributed by atoms with E-state index < -0.39 is 0 Å². The SMILES string of the molecule is CCC[C@H](N)CNCC1(CC(C)C)CCCC1. The Morgan fingerprint density at radius 1 is 1.24 bits per heavy atom. The number of hydrogen-bond donors (Lipinski definition) is 2. The van der Waals surface area contributed by atoms with Gasteiger partial charge in [0.25, 0.3) is 0 Å². The maximum atomic E-state index is 6.05. The summed E-state index contributed by atoms with van der Waals surface area (Å²) >= 11 is 0. The van der Waals surface area contributed by atoms with Gasteiger partial charge >= 0.3 is 0 Å². The van der Waals surface area contributed by atoms with Crippen molar-refractivity contribution >= 4 is 0 Å². The Labute approximate surface area is 108 Å². The molecular formula is C15H32N2. The highest BCUT2D eigenvalue weighted by Gasteiger charge is 2.33. The van der Waals surface area contributed by atoms with E-state index in [2.05, 4.69) is 26.1 Å². The standard InChI is InChI=1S/C15H32N2/c1-4-7-14(16)11-17-12-15(10-13(2)3)8-5-6-9-15/h13-14,17H,4-12,16H2,1-3H3/t14-/m0/s1. The van der Waals surface area contributed by atoms with Crippen molar-refractivity contribution in [3.8, 4) is 0 Å². The topological polar surface area (TPSA) is 38.0 Å². The van der Waals surface area contributed by atoms with Gasteiger partial charge in [-0.15, -0.1) is 0 Å². The van der Waals surface area contributed by atoms with E-state index in [9.17, 15) is 0 Å². The second-order valence-corrected chi connectivity index (χ2v) is 6.48. The molecule has 0 radical (unpaired) electrons. The van der Waals surface area contributed by atoms with Crippen molar-refractivity contribution in [3.05, 3.63) is 0 Å². The predicted octanol–water partition coefficient (Wildman–Crippen LogP) is 3.31. The van der Waals surface area contributed by atoms with Crippen molar-refractivity contribution in [1.82, 2.24) is 5.32 Å². The first-order valence-corrected chi connectivity index (χ1v) is 7.54. The number of hydrogen-bond acceptors (Lipinski definition) is 2. The summed E-state index contributed by atoms with van der Waals surface area (Å²) in [5.74, 6) is 0.819. The third-order valence-electron chi connectivity index (χ3n) is 4.07. The van der Waals surface area contributed by atoms with Crippen LogP contribution in [0.5, 0.6) is 0 Å². The van der Waals surface area contributed by atoms with E-state index in [1.165, 1.54) is 45.1 Å².